The van der Waals surface area contributed by atoms with E-state index in [2.05, 4.69) is 4.98 Å². The summed E-state index contributed by atoms with van der Waals surface area (Å²) in [6, 6.07) is 1.77. The molecule has 0 spiro atoms. The molecule has 0 radical (unpaired) electrons. The summed E-state index contributed by atoms with van der Waals surface area (Å²) in [5, 5.41) is 8.21. The second-order valence-corrected chi connectivity index (χ2v) is 1.99. The average Bonchev–Trinajstić information content (AvgIpc) is 1.99. The van der Waals surface area contributed by atoms with Gasteiger partial charge in [0.25, 0.3) is 0 Å². The van der Waals surface area contributed by atoms with Crippen molar-refractivity contribution >= 4 is 0 Å². The Morgan fingerprint density at radius 2 is 2.36 bits per heavy atom. The van der Waals surface area contributed by atoms with Crippen molar-refractivity contribution in [1.82, 2.24) is 4.98 Å². The first-order valence-corrected chi connectivity index (χ1v) is 2.98. The Morgan fingerprint density at radius 1 is 1.64 bits per heavy atom. The van der Waals surface area contributed by atoms with Crippen LogP contribution in [0.15, 0.2) is 17.2 Å². The van der Waals surface area contributed by atoms with Crippen LogP contribution < -0.4 is 5.43 Å². The van der Waals surface area contributed by atoms with Crippen molar-refractivity contribution in [2.45, 2.75) is 6.42 Å². The molecule has 0 aliphatic rings. The van der Waals surface area contributed by atoms with Gasteiger partial charge in [-0.3, -0.25) is 4.79 Å². The molecular formula is C7H5FN2O. The van der Waals surface area contributed by atoms with Crippen LogP contribution in [0.1, 0.15) is 5.56 Å². The highest BCUT2D eigenvalue weighted by Crippen LogP contribution is 1.91. The third-order valence-corrected chi connectivity index (χ3v) is 1.25. The maximum atomic E-state index is 12.4. The van der Waals surface area contributed by atoms with Crippen molar-refractivity contribution in [3.8, 4) is 6.07 Å². The summed E-state index contributed by atoms with van der Waals surface area (Å²) in [5.74, 6) is -0.849. The molecule has 56 valence electrons. The maximum Gasteiger partial charge on any atom is 0.221 e. The molecule has 11 heavy (non-hydrogen) atoms. The molecule has 1 rings (SSSR count). The second-order valence-electron chi connectivity index (χ2n) is 1.99. The summed E-state index contributed by atoms with van der Waals surface area (Å²) in [6.07, 6.45) is 2.23. The normalized spacial score (nSPS) is 9.09. The molecule has 0 atom stereocenters. The number of nitriles is 1. The van der Waals surface area contributed by atoms with Crippen molar-refractivity contribution in [1.29, 1.82) is 5.26 Å². The standard InChI is InChI=1S/C7H5FN2O/c8-6-4-10-3-5(1-2-9)7(6)11/h3-4H,1H2,(H,10,11). The van der Waals surface area contributed by atoms with Gasteiger partial charge in [0, 0.05) is 18.0 Å². The van der Waals surface area contributed by atoms with Gasteiger partial charge in [0.1, 0.15) is 0 Å². The number of aromatic amines is 1. The zero-order valence-electron chi connectivity index (χ0n) is 5.60. The summed E-state index contributed by atoms with van der Waals surface area (Å²) in [5.41, 5.74) is -0.544. The molecule has 0 saturated heterocycles. The van der Waals surface area contributed by atoms with E-state index in [9.17, 15) is 9.18 Å². The first kappa shape index (κ1) is 7.48. The summed E-state index contributed by atoms with van der Waals surface area (Å²) in [7, 11) is 0. The molecule has 0 unspecified atom stereocenters. The van der Waals surface area contributed by atoms with Gasteiger partial charge in [-0.2, -0.15) is 5.26 Å². The molecule has 1 aromatic heterocycles. The lowest BCUT2D eigenvalue weighted by molar-refractivity contribution is 0.608. The van der Waals surface area contributed by atoms with E-state index in [0.29, 0.717) is 0 Å². The highest BCUT2D eigenvalue weighted by molar-refractivity contribution is 5.14. The second kappa shape index (κ2) is 2.97. The van der Waals surface area contributed by atoms with Crippen molar-refractivity contribution < 1.29 is 4.39 Å². The zero-order valence-corrected chi connectivity index (χ0v) is 5.60. The van der Waals surface area contributed by atoms with Crippen LogP contribution in [0.25, 0.3) is 0 Å². The maximum absolute atomic E-state index is 12.4. The fourth-order valence-corrected chi connectivity index (χ4v) is 0.716. The molecule has 0 amide bonds. The lowest BCUT2D eigenvalue weighted by Crippen LogP contribution is -2.12. The van der Waals surface area contributed by atoms with E-state index in [1.54, 1.807) is 6.07 Å². The van der Waals surface area contributed by atoms with Crippen LogP contribution >= 0.6 is 0 Å². The van der Waals surface area contributed by atoms with Gasteiger partial charge in [-0.1, -0.05) is 0 Å². The topological polar surface area (TPSA) is 56.6 Å². The van der Waals surface area contributed by atoms with E-state index in [-0.39, 0.29) is 12.0 Å². The van der Waals surface area contributed by atoms with Gasteiger partial charge in [0.2, 0.25) is 5.43 Å². The van der Waals surface area contributed by atoms with Gasteiger partial charge >= 0.3 is 0 Å². The Morgan fingerprint density at radius 3 is 3.00 bits per heavy atom. The van der Waals surface area contributed by atoms with E-state index < -0.39 is 11.2 Å². The van der Waals surface area contributed by atoms with E-state index >= 15 is 0 Å². The van der Waals surface area contributed by atoms with Crippen molar-refractivity contribution in [3.05, 3.63) is 34.0 Å². The first-order valence-electron chi connectivity index (χ1n) is 2.98. The largest absolute Gasteiger partial charge is 0.365 e. The van der Waals surface area contributed by atoms with Gasteiger partial charge < -0.3 is 4.98 Å². The molecule has 0 fully saturated rings. The Hall–Kier alpha value is -1.63. The molecule has 0 aliphatic heterocycles. The van der Waals surface area contributed by atoms with Gasteiger partial charge in [-0.05, 0) is 0 Å². The van der Waals surface area contributed by atoms with Gasteiger partial charge in [-0.25, -0.2) is 4.39 Å². The minimum Gasteiger partial charge on any atom is -0.365 e. The zero-order chi connectivity index (χ0) is 8.27. The Bertz CT molecular complexity index is 350. The number of hydrogen-bond acceptors (Lipinski definition) is 2. The minimum atomic E-state index is -0.849. The number of nitrogens with one attached hydrogen (secondary N) is 1. The average molecular weight is 152 g/mol. The van der Waals surface area contributed by atoms with Crippen molar-refractivity contribution in [2.24, 2.45) is 0 Å². The van der Waals surface area contributed by atoms with Crippen molar-refractivity contribution in [2.75, 3.05) is 0 Å². The minimum absolute atomic E-state index is 0.0624. The predicted octanol–water partition coefficient (Wildman–Crippen LogP) is 0.580. The lowest BCUT2D eigenvalue weighted by Gasteiger charge is -1.91. The summed E-state index contributed by atoms with van der Waals surface area (Å²) in [6.45, 7) is 0. The molecule has 1 heterocycles. The lowest BCUT2D eigenvalue weighted by atomic mass is 10.2. The quantitative estimate of drug-likeness (QED) is 0.639. The van der Waals surface area contributed by atoms with Crippen LogP contribution in [-0.4, -0.2) is 4.98 Å². The highest BCUT2D eigenvalue weighted by atomic mass is 19.1. The van der Waals surface area contributed by atoms with Gasteiger partial charge in [-0.15, -0.1) is 0 Å². The molecule has 0 saturated carbocycles. The van der Waals surface area contributed by atoms with E-state index in [4.69, 9.17) is 5.26 Å². The van der Waals surface area contributed by atoms with Gasteiger partial charge in [0.05, 0.1) is 12.5 Å². The van der Waals surface area contributed by atoms with Gasteiger partial charge in [0.15, 0.2) is 5.82 Å². The Labute approximate surface area is 62.1 Å². The van der Waals surface area contributed by atoms with Crippen LogP contribution in [0.3, 0.4) is 0 Å². The number of halogens is 1. The first-order chi connectivity index (χ1) is 5.25. The fourth-order valence-electron chi connectivity index (χ4n) is 0.716. The molecule has 4 heteroatoms. The number of hydrogen-bond donors (Lipinski definition) is 1. The fraction of sp³-hybridized carbons (Fsp3) is 0.143. The number of rotatable bonds is 1. The van der Waals surface area contributed by atoms with E-state index in [1.165, 1.54) is 6.20 Å². The highest BCUT2D eigenvalue weighted by Gasteiger charge is 2.02. The molecule has 3 nitrogen and oxygen atoms in total. The van der Waals surface area contributed by atoms with Crippen LogP contribution in [0.2, 0.25) is 0 Å². The SMILES string of the molecule is N#CCc1c[nH]cc(F)c1=O. The number of aromatic nitrogens is 1. The monoisotopic (exact) mass is 152 g/mol. The van der Waals surface area contributed by atoms with Crippen LogP contribution in [0.4, 0.5) is 4.39 Å². The molecule has 0 bridgehead atoms. The summed E-state index contributed by atoms with van der Waals surface area (Å²) >= 11 is 0. The number of pyridine rings is 1. The van der Waals surface area contributed by atoms with E-state index in [0.717, 1.165) is 6.20 Å². The molecule has 1 aromatic rings. The summed E-state index contributed by atoms with van der Waals surface area (Å²) < 4.78 is 12.4. The third-order valence-electron chi connectivity index (χ3n) is 1.25. The predicted molar refractivity (Wildman–Crippen MR) is 36.3 cm³/mol. The molecular weight excluding hydrogens is 147 g/mol. The third kappa shape index (κ3) is 1.44. The van der Waals surface area contributed by atoms with Crippen LogP contribution in [0.5, 0.6) is 0 Å². The Balaban J connectivity index is 3.20. The molecule has 0 aliphatic carbocycles. The molecule has 1 N–H and O–H groups in total. The van der Waals surface area contributed by atoms with Crippen LogP contribution in [0, 0.1) is 17.1 Å². The van der Waals surface area contributed by atoms with E-state index in [1.807, 2.05) is 0 Å². The number of H-pyrrole nitrogens is 1. The van der Waals surface area contributed by atoms with Crippen molar-refractivity contribution in [3.63, 3.8) is 0 Å². The smallest absolute Gasteiger partial charge is 0.221 e. The Kier molecular flexibility index (Phi) is 2.02. The van der Waals surface area contributed by atoms with Crippen LogP contribution in [-0.2, 0) is 6.42 Å². The molecule has 0 aromatic carbocycles. The number of nitrogens with zero attached hydrogens (tertiary/aromatic N) is 1. The summed E-state index contributed by atoms with van der Waals surface area (Å²) in [4.78, 5) is 13.2.